The first-order valence-electron chi connectivity index (χ1n) is 8.86. The summed E-state index contributed by atoms with van der Waals surface area (Å²) in [5.41, 5.74) is 0.560. The van der Waals surface area contributed by atoms with E-state index in [1.54, 1.807) is 13.8 Å². The van der Waals surface area contributed by atoms with Gasteiger partial charge in [0.05, 0.1) is 0 Å². The Labute approximate surface area is 167 Å². The van der Waals surface area contributed by atoms with Crippen molar-refractivity contribution in [2.45, 2.75) is 45.6 Å². The number of aromatic nitrogens is 2. The number of urea groups is 1. The predicted octanol–water partition coefficient (Wildman–Crippen LogP) is 2.55. The van der Waals surface area contributed by atoms with Crippen molar-refractivity contribution in [3.8, 4) is 0 Å². The third kappa shape index (κ3) is 3.75. The maximum Gasteiger partial charge on any atom is 0.325 e. The van der Waals surface area contributed by atoms with Gasteiger partial charge in [-0.05, 0) is 30.4 Å². The summed E-state index contributed by atoms with van der Waals surface area (Å²) >= 11 is 1.22. The number of carbonyl (C=O) groups excluding carboxylic acids is 3. The standard InChI is InChI=1S/C19H23N5O3S/c1-11-22-23-16(28-11)20-14(25)10-24-15(26)19(5,21-17(24)27)13-8-6-12(7-9-13)18(2,3)4/h6-9H,10H2,1-5H3,(H,21,27)(H,20,23,25). The van der Waals surface area contributed by atoms with Gasteiger partial charge in [0.2, 0.25) is 11.0 Å². The van der Waals surface area contributed by atoms with Crippen molar-refractivity contribution in [2.75, 3.05) is 11.9 Å². The summed E-state index contributed by atoms with van der Waals surface area (Å²) in [4.78, 5) is 38.5. The fourth-order valence-corrected chi connectivity index (χ4v) is 3.60. The van der Waals surface area contributed by atoms with E-state index < -0.39 is 23.4 Å². The summed E-state index contributed by atoms with van der Waals surface area (Å²) in [5, 5.41) is 13.9. The third-order valence-electron chi connectivity index (χ3n) is 4.68. The van der Waals surface area contributed by atoms with Crippen molar-refractivity contribution in [1.82, 2.24) is 20.4 Å². The SMILES string of the molecule is Cc1nnc(NC(=O)CN2C(=O)NC(C)(c3ccc(C(C)(C)C)cc3)C2=O)s1. The number of hydrogen-bond acceptors (Lipinski definition) is 6. The van der Waals surface area contributed by atoms with Crippen LogP contribution in [0.3, 0.4) is 0 Å². The first-order chi connectivity index (χ1) is 13.0. The van der Waals surface area contributed by atoms with Gasteiger partial charge in [-0.3, -0.25) is 19.8 Å². The molecule has 3 rings (SSSR count). The first kappa shape index (κ1) is 19.9. The van der Waals surface area contributed by atoms with Crippen molar-refractivity contribution in [3.05, 3.63) is 40.4 Å². The number of aryl methyl sites for hydroxylation is 1. The van der Waals surface area contributed by atoms with E-state index in [1.165, 1.54) is 11.3 Å². The van der Waals surface area contributed by atoms with Crippen molar-refractivity contribution in [2.24, 2.45) is 0 Å². The number of imide groups is 1. The summed E-state index contributed by atoms with van der Waals surface area (Å²) < 4.78 is 0. The molecule has 1 fully saturated rings. The normalized spacial score (nSPS) is 19.7. The number of nitrogens with zero attached hydrogens (tertiary/aromatic N) is 3. The van der Waals surface area contributed by atoms with Gasteiger partial charge in [0, 0.05) is 0 Å². The van der Waals surface area contributed by atoms with E-state index in [2.05, 4.69) is 41.6 Å². The Balaban J connectivity index is 1.75. The van der Waals surface area contributed by atoms with Gasteiger partial charge in [0.1, 0.15) is 17.1 Å². The summed E-state index contributed by atoms with van der Waals surface area (Å²) in [6.07, 6.45) is 0. The average molecular weight is 401 g/mol. The van der Waals surface area contributed by atoms with E-state index in [0.717, 1.165) is 10.5 Å². The highest BCUT2D eigenvalue weighted by Crippen LogP contribution is 2.31. The maximum atomic E-state index is 12.9. The zero-order chi connectivity index (χ0) is 20.7. The Morgan fingerprint density at radius 2 is 1.86 bits per heavy atom. The number of anilines is 1. The second-order valence-corrected chi connectivity index (χ2v) is 9.13. The molecule has 1 aliphatic heterocycles. The summed E-state index contributed by atoms with van der Waals surface area (Å²) in [5.74, 6) is -0.975. The Hall–Kier alpha value is -2.81. The molecule has 2 aromatic rings. The lowest BCUT2D eigenvalue weighted by Crippen LogP contribution is -2.42. The highest BCUT2D eigenvalue weighted by molar-refractivity contribution is 7.15. The molecule has 148 valence electrons. The van der Waals surface area contributed by atoms with E-state index in [9.17, 15) is 14.4 Å². The van der Waals surface area contributed by atoms with Crippen LogP contribution < -0.4 is 10.6 Å². The molecule has 1 atom stereocenters. The summed E-state index contributed by atoms with van der Waals surface area (Å²) in [6, 6.07) is 6.98. The van der Waals surface area contributed by atoms with Crippen molar-refractivity contribution in [1.29, 1.82) is 0 Å². The monoisotopic (exact) mass is 401 g/mol. The number of hydrogen-bond donors (Lipinski definition) is 2. The largest absolute Gasteiger partial charge is 0.325 e. The van der Waals surface area contributed by atoms with Gasteiger partial charge in [-0.2, -0.15) is 0 Å². The highest BCUT2D eigenvalue weighted by Gasteiger charge is 2.49. The molecule has 1 unspecified atom stereocenters. The van der Waals surface area contributed by atoms with Gasteiger partial charge >= 0.3 is 6.03 Å². The Morgan fingerprint density at radius 3 is 2.39 bits per heavy atom. The predicted molar refractivity (Wildman–Crippen MR) is 106 cm³/mol. The summed E-state index contributed by atoms with van der Waals surface area (Å²) in [7, 11) is 0. The van der Waals surface area contributed by atoms with Gasteiger partial charge in [-0.25, -0.2) is 4.79 Å². The lowest BCUT2D eigenvalue weighted by atomic mass is 9.84. The van der Waals surface area contributed by atoms with Gasteiger partial charge in [-0.1, -0.05) is 56.4 Å². The minimum atomic E-state index is -1.22. The van der Waals surface area contributed by atoms with E-state index in [-0.39, 0.29) is 12.0 Å². The van der Waals surface area contributed by atoms with Crippen LogP contribution in [0.25, 0.3) is 0 Å². The van der Waals surface area contributed by atoms with E-state index in [0.29, 0.717) is 15.7 Å². The van der Waals surface area contributed by atoms with Gasteiger partial charge < -0.3 is 5.32 Å². The molecule has 0 spiro atoms. The molecule has 1 aliphatic rings. The van der Waals surface area contributed by atoms with Crippen LogP contribution in [0.1, 0.15) is 43.8 Å². The molecule has 2 N–H and O–H groups in total. The van der Waals surface area contributed by atoms with E-state index in [4.69, 9.17) is 0 Å². The number of benzene rings is 1. The van der Waals surface area contributed by atoms with Crippen LogP contribution in [0, 0.1) is 6.92 Å². The molecule has 4 amide bonds. The summed E-state index contributed by atoms with van der Waals surface area (Å²) in [6.45, 7) is 9.33. The minimum Gasteiger partial charge on any atom is -0.319 e. The molecule has 0 radical (unpaired) electrons. The van der Waals surface area contributed by atoms with E-state index in [1.807, 2.05) is 24.3 Å². The Kier molecular flexibility index (Phi) is 4.97. The highest BCUT2D eigenvalue weighted by atomic mass is 32.1. The zero-order valence-corrected chi connectivity index (χ0v) is 17.3. The minimum absolute atomic E-state index is 0.0183. The molecule has 0 aliphatic carbocycles. The average Bonchev–Trinajstić information content (AvgIpc) is 3.11. The van der Waals surface area contributed by atoms with Crippen molar-refractivity contribution in [3.63, 3.8) is 0 Å². The van der Waals surface area contributed by atoms with Crippen LogP contribution in [-0.2, 0) is 20.5 Å². The van der Waals surface area contributed by atoms with Crippen molar-refractivity contribution < 1.29 is 14.4 Å². The molecule has 8 nitrogen and oxygen atoms in total. The number of amides is 4. The molecule has 28 heavy (non-hydrogen) atoms. The quantitative estimate of drug-likeness (QED) is 0.766. The molecular weight excluding hydrogens is 378 g/mol. The maximum absolute atomic E-state index is 12.9. The van der Waals surface area contributed by atoms with Crippen LogP contribution in [0.4, 0.5) is 9.93 Å². The Morgan fingerprint density at radius 1 is 1.21 bits per heavy atom. The van der Waals surface area contributed by atoms with Crippen LogP contribution in [0.5, 0.6) is 0 Å². The van der Waals surface area contributed by atoms with Gasteiger partial charge in [-0.15, -0.1) is 10.2 Å². The fraction of sp³-hybridized carbons (Fsp3) is 0.421. The number of rotatable bonds is 4. The topological polar surface area (TPSA) is 104 Å². The molecule has 1 aromatic heterocycles. The lowest BCUT2D eigenvalue weighted by Gasteiger charge is -2.24. The molecule has 1 aromatic carbocycles. The van der Waals surface area contributed by atoms with E-state index >= 15 is 0 Å². The number of nitrogens with one attached hydrogen (secondary N) is 2. The number of carbonyl (C=O) groups is 3. The molecule has 9 heteroatoms. The fourth-order valence-electron chi connectivity index (χ4n) is 2.99. The van der Waals surface area contributed by atoms with Crippen LogP contribution in [-0.4, -0.2) is 39.5 Å². The van der Waals surface area contributed by atoms with Crippen molar-refractivity contribution >= 4 is 34.3 Å². The second-order valence-electron chi connectivity index (χ2n) is 7.95. The lowest BCUT2D eigenvalue weighted by molar-refractivity contribution is -0.133. The molecule has 1 saturated heterocycles. The smallest absolute Gasteiger partial charge is 0.319 e. The molecular formula is C19H23N5O3S. The molecule has 0 bridgehead atoms. The third-order valence-corrected chi connectivity index (χ3v) is 5.43. The zero-order valence-electron chi connectivity index (χ0n) is 16.5. The molecule has 0 saturated carbocycles. The Bertz CT molecular complexity index is 932. The van der Waals surface area contributed by atoms with Gasteiger partial charge in [0.15, 0.2) is 0 Å². The van der Waals surface area contributed by atoms with Crippen LogP contribution in [0.15, 0.2) is 24.3 Å². The van der Waals surface area contributed by atoms with Crippen LogP contribution >= 0.6 is 11.3 Å². The first-order valence-corrected chi connectivity index (χ1v) is 9.67. The van der Waals surface area contributed by atoms with Gasteiger partial charge in [0.25, 0.3) is 5.91 Å². The van der Waals surface area contributed by atoms with Crippen LogP contribution in [0.2, 0.25) is 0 Å². The molecule has 2 heterocycles. The second kappa shape index (κ2) is 6.97.